The van der Waals surface area contributed by atoms with Gasteiger partial charge in [-0.25, -0.2) is 0 Å². The van der Waals surface area contributed by atoms with Crippen LogP contribution in [0.5, 0.6) is 17.2 Å². The Morgan fingerprint density at radius 2 is 1.54 bits per heavy atom. The lowest BCUT2D eigenvalue weighted by molar-refractivity contribution is -0.118. The van der Waals surface area contributed by atoms with Crippen LogP contribution in [0.2, 0.25) is 5.02 Å². The molecular weight excluding hydrogens is 380 g/mol. The Labute approximate surface area is 166 Å². The first kappa shape index (κ1) is 19.3. The molecule has 0 heterocycles. The van der Waals surface area contributed by atoms with E-state index in [0.717, 1.165) is 0 Å². The predicted molar refractivity (Wildman–Crippen MR) is 107 cm³/mol. The number of benzene rings is 3. The molecule has 0 fully saturated rings. The lowest BCUT2D eigenvalue weighted by atomic mass is 10.2. The summed E-state index contributed by atoms with van der Waals surface area (Å²) in [6.07, 6.45) is 0. The van der Waals surface area contributed by atoms with Crippen molar-refractivity contribution in [3.8, 4) is 17.2 Å². The van der Waals surface area contributed by atoms with E-state index in [1.807, 2.05) is 12.1 Å². The van der Waals surface area contributed by atoms with Crippen molar-refractivity contribution in [2.45, 2.75) is 0 Å². The number of para-hydroxylation sites is 1. The molecule has 0 unspecified atom stereocenters. The third kappa shape index (κ3) is 5.25. The van der Waals surface area contributed by atoms with Crippen LogP contribution >= 0.6 is 11.6 Å². The normalized spacial score (nSPS) is 10.2. The summed E-state index contributed by atoms with van der Waals surface area (Å²) in [6, 6.07) is 20.3. The quantitative estimate of drug-likeness (QED) is 0.624. The van der Waals surface area contributed by atoms with Gasteiger partial charge < -0.3 is 20.5 Å². The average molecular weight is 397 g/mol. The van der Waals surface area contributed by atoms with Gasteiger partial charge in [-0.05, 0) is 60.7 Å². The summed E-state index contributed by atoms with van der Waals surface area (Å²) in [6.45, 7) is -0.173. The van der Waals surface area contributed by atoms with Gasteiger partial charge in [0.05, 0.1) is 5.02 Å². The molecule has 0 aromatic heterocycles. The molecule has 0 aliphatic carbocycles. The fraction of sp³-hybridized carbons (Fsp3) is 0.0476. The second-order valence-electron chi connectivity index (χ2n) is 5.78. The molecule has 3 N–H and O–H groups in total. The zero-order chi connectivity index (χ0) is 19.9. The maximum absolute atomic E-state index is 12.0. The molecule has 7 heteroatoms. The fourth-order valence-corrected chi connectivity index (χ4v) is 2.50. The topological polar surface area (TPSA) is 90.7 Å². The van der Waals surface area contributed by atoms with Crippen molar-refractivity contribution >= 4 is 29.1 Å². The third-order valence-electron chi connectivity index (χ3n) is 3.71. The molecule has 28 heavy (non-hydrogen) atoms. The van der Waals surface area contributed by atoms with Gasteiger partial charge in [0.15, 0.2) is 6.61 Å². The number of primary amides is 1. The van der Waals surface area contributed by atoms with Crippen LogP contribution in [0.3, 0.4) is 0 Å². The zero-order valence-electron chi connectivity index (χ0n) is 14.7. The minimum atomic E-state index is -0.522. The largest absolute Gasteiger partial charge is 0.484 e. The standard InChI is InChI=1S/C21H17ClN2O4/c22-18-3-1-2-4-19(18)28-17-11-7-15(8-12-17)24-20(25)13-27-16-9-5-14(6-10-16)21(23)26/h1-12H,13H2,(H2,23,26)(H,24,25). The lowest BCUT2D eigenvalue weighted by Gasteiger charge is -2.10. The van der Waals surface area contributed by atoms with Crippen LogP contribution in [-0.2, 0) is 4.79 Å². The summed E-state index contributed by atoms with van der Waals surface area (Å²) >= 11 is 6.06. The van der Waals surface area contributed by atoms with Gasteiger partial charge in [-0.15, -0.1) is 0 Å². The van der Waals surface area contributed by atoms with E-state index >= 15 is 0 Å². The molecule has 0 spiro atoms. The minimum absolute atomic E-state index is 0.173. The number of nitrogens with two attached hydrogens (primary N) is 1. The number of carbonyl (C=O) groups is 2. The van der Waals surface area contributed by atoms with E-state index in [-0.39, 0.29) is 12.5 Å². The SMILES string of the molecule is NC(=O)c1ccc(OCC(=O)Nc2ccc(Oc3ccccc3Cl)cc2)cc1. The van der Waals surface area contributed by atoms with Gasteiger partial charge in [0.25, 0.3) is 5.91 Å². The van der Waals surface area contributed by atoms with Crippen molar-refractivity contribution in [1.82, 2.24) is 0 Å². The fourth-order valence-electron chi connectivity index (χ4n) is 2.32. The van der Waals surface area contributed by atoms with Crippen LogP contribution in [-0.4, -0.2) is 18.4 Å². The molecule has 0 aliphatic rings. The first-order chi connectivity index (χ1) is 13.5. The van der Waals surface area contributed by atoms with Crippen LogP contribution in [0.4, 0.5) is 5.69 Å². The number of amides is 2. The van der Waals surface area contributed by atoms with E-state index in [1.54, 1.807) is 48.5 Å². The number of anilines is 1. The van der Waals surface area contributed by atoms with Crippen LogP contribution in [0.1, 0.15) is 10.4 Å². The summed E-state index contributed by atoms with van der Waals surface area (Å²) in [5.74, 6) is 0.766. The van der Waals surface area contributed by atoms with Gasteiger partial charge in [0.2, 0.25) is 5.91 Å². The monoisotopic (exact) mass is 396 g/mol. The number of ether oxygens (including phenoxy) is 2. The van der Waals surface area contributed by atoms with E-state index in [4.69, 9.17) is 26.8 Å². The molecule has 0 saturated heterocycles. The van der Waals surface area contributed by atoms with Crippen molar-refractivity contribution in [2.75, 3.05) is 11.9 Å². The van der Waals surface area contributed by atoms with E-state index in [9.17, 15) is 9.59 Å². The molecule has 0 saturated carbocycles. The number of rotatable bonds is 7. The molecule has 2 amide bonds. The number of hydrogen-bond donors (Lipinski definition) is 2. The highest BCUT2D eigenvalue weighted by Crippen LogP contribution is 2.29. The Balaban J connectivity index is 1.51. The number of hydrogen-bond acceptors (Lipinski definition) is 4. The van der Waals surface area contributed by atoms with Crippen molar-refractivity contribution in [3.05, 3.63) is 83.4 Å². The Kier molecular flexibility index (Phi) is 6.14. The highest BCUT2D eigenvalue weighted by molar-refractivity contribution is 6.32. The van der Waals surface area contributed by atoms with Gasteiger partial charge in [-0.3, -0.25) is 9.59 Å². The smallest absolute Gasteiger partial charge is 0.262 e. The van der Waals surface area contributed by atoms with Gasteiger partial charge in [-0.2, -0.15) is 0 Å². The van der Waals surface area contributed by atoms with Gasteiger partial charge in [0.1, 0.15) is 17.2 Å². The zero-order valence-corrected chi connectivity index (χ0v) is 15.5. The van der Waals surface area contributed by atoms with Gasteiger partial charge in [0, 0.05) is 11.3 Å². The second kappa shape index (κ2) is 8.92. The average Bonchev–Trinajstić information content (AvgIpc) is 2.70. The summed E-state index contributed by atoms with van der Waals surface area (Å²) < 4.78 is 11.1. The maximum atomic E-state index is 12.0. The molecule has 0 radical (unpaired) electrons. The second-order valence-corrected chi connectivity index (χ2v) is 6.19. The third-order valence-corrected chi connectivity index (χ3v) is 4.02. The number of carbonyl (C=O) groups excluding carboxylic acids is 2. The van der Waals surface area contributed by atoms with Gasteiger partial charge >= 0.3 is 0 Å². The van der Waals surface area contributed by atoms with E-state index in [0.29, 0.717) is 33.5 Å². The first-order valence-electron chi connectivity index (χ1n) is 8.36. The molecule has 6 nitrogen and oxygen atoms in total. The van der Waals surface area contributed by atoms with E-state index in [1.165, 1.54) is 12.1 Å². The molecule has 3 aromatic rings. The predicted octanol–water partition coefficient (Wildman–Crippen LogP) is 4.25. The molecule has 3 aromatic carbocycles. The highest BCUT2D eigenvalue weighted by Gasteiger charge is 2.06. The molecule has 0 atom stereocenters. The van der Waals surface area contributed by atoms with Crippen LogP contribution in [0.15, 0.2) is 72.8 Å². The van der Waals surface area contributed by atoms with E-state index < -0.39 is 5.91 Å². The molecule has 142 valence electrons. The van der Waals surface area contributed by atoms with Crippen LogP contribution in [0.25, 0.3) is 0 Å². The summed E-state index contributed by atoms with van der Waals surface area (Å²) in [4.78, 5) is 23.0. The summed E-state index contributed by atoms with van der Waals surface area (Å²) in [5, 5.41) is 3.24. The molecule has 0 bridgehead atoms. The van der Waals surface area contributed by atoms with Crippen molar-refractivity contribution in [2.24, 2.45) is 5.73 Å². The van der Waals surface area contributed by atoms with Gasteiger partial charge in [-0.1, -0.05) is 23.7 Å². The Morgan fingerprint density at radius 1 is 0.893 bits per heavy atom. The van der Waals surface area contributed by atoms with Crippen LogP contribution in [0, 0.1) is 0 Å². The van der Waals surface area contributed by atoms with Crippen LogP contribution < -0.4 is 20.5 Å². The first-order valence-corrected chi connectivity index (χ1v) is 8.74. The lowest BCUT2D eigenvalue weighted by Crippen LogP contribution is -2.20. The Bertz CT molecular complexity index is 972. The molecular formula is C21H17ClN2O4. The van der Waals surface area contributed by atoms with E-state index in [2.05, 4.69) is 5.32 Å². The minimum Gasteiger partial charge on any atom is -0.484 e. The molecule has 3 rings (SSSR count). The Morgan fingerprint density at radius 3 is 2.18 bits per heavy atom. The molecule has 0 aliphatic heterocycles. The summed E-state index contributed by atoms with van der Waals surface area (Å²) in [7, 11) is 0. The van der Waals surface area contributed by atoms with Crippen molar-refractivity contribution in [3.63, 3.8) is 0 Å². The Hall–Kier alpha value is -3.51. The number of halogens is 1. The van der Waals surface area contributed by atoms with Crippen molar-refractivity contribution < 1.29 is 19.1 Å². The maximum Gasteiger partial charge on any atom is 0.262 e. The highest BCUT2D eigenvalue weighted by atomic mass is 35.5. The summed E-state index contributed by atoms with van der Waals surface area (Å²) in [5.41, 5.74) is 6.15. The number of nitrogens with one attached hydrogen (secondary N) is 1. The van der Waals surface area contributed by atoms with Crippen molar-refractivity contribution in [1.29, 1.82) is 0 Å².